The summed E-state index contributed by atoms with van der Waals surface area (Å²) in [5, 5.41) is 9.06. The third kappa shape index (κ3) is 3.14. The van der Waals surface area contributed by atoms with E-state index in [0.29, 0.717) is 43.9 Å². The average molecular weight is 372 g/mol. The molecule has 2 fully saturated rings. The highest BCUT2D eigenvalue weighted by atomic mass is 16.5. The number of piperidine rings is 1. The van der Waals surface area contributed by atoms with Crippen LogP contribution in [0.15, 0.2) is 18.2 Å². The molecule has 1 aromatic carbocycles. The molecule has 0 saturated carbocycles. The monoisotopic (exact) mass is 372 g/mol. The van der Waals surface area contributed by atoms with E-state index >= 15 is 0 Å². The average Bonchev–Trinajstić information content (AvgIpc) is 2.69. The van der Waals surface area contributed by atoms with Crippen molar-refractivity contribution in [2.75, 3.05) is 38.6 Å². The predicted molar refractivity (Wildman–Crippen MR) is 98.5 cm³/mol. The van der Waals surface area contributed by atoms with Crippen LogP contribution in [-0.4, -0.2) is 61.4 Å². The highest BCUT2D eigenvalue weighted by Crippen LogP contribution is 2.37. The lowest BCUT2D eigenvalue weighted by Gasteiger charge is -2.44. The van der Waals surface area contributed by atoms with Crippen molar-refractivity contribution < 1.29 is 19.1 Å². The standard InChI is InChI=1S/C19H24N4O4/c1-27-12-2-3-15-13(10-12)14(11-16(24)22-15)17(25)23-8-4-19(5-9-23)18(26)20-6-7-21-19/h2-3,10,14,21H,4-9,11H2,1H3,(H,20,26)(H,22,24)/t14-/m0/s1. The van der Waals surface area contributed by atoms with E-state index in [1.807, 2.05) is 6.07 Å². The van der Waals surface area contributed by atoms with Crippen molar-refractivity contribution in [1.29, 1.82) is 0 Å². The fourth-order valence-electron chi connectivity index (χ4n) is 4.25. The number of nitrogens with one attached hydrogen (secondary N) is 3. The number of hydrogen-bond acceptors (Lipinski definition) is 5. The van der Waals surface area contributed by atoms with Gasteiger partial charge in [0, 0.05) is 38.3 Å². The number of anilines is 1. The van der Waals surface area contributed by atoms with Gasteiger partial charge in [0.1, 0.15) is 11.3 Å². The highest BCUT2D eigenvalue weighted by molar-refractivity contribution is 6.01. The summed E-state index contributed by atoms with van der Waals surface area (Å²) in [5.41, 5.74) is 0.875. The molecule has 3 N–H and O–H groups in total. The fourth-order valence-corrected chi connectivity index (χ4v) is 4.25. The molecule has 4 rings (SSSR count). The Morgan fingerprint density at radius 3 is 2.70 bits per heavy atom. The number of amides is 3. The maximum Gasteiger partial charge on any atom is 0.240 e. The molecule has 1 spiro atoms. The first-order chi connectivity index (χ1) is 13.0. The molecule has 0 aromatic heterocycles. The van der Waals surface area contributed by atoms with Crippen molar-refractivity contribution in [2.45, 2.75) is 30.7 Å². The summed E-state index contributed by atoms with van der Waals surface area (Å²) < 4.78 is 5.28. The maximum absolute atomic E-state index is 13.2. The van der Waals surface area contributed by atoms with Crippen LogP contribution >= 0.6 is 0 Å². The summed E-state index contributed by atoms with van der Waals surface area (Å²) >= 11 is 0. The van der Waals surface area contributed by atoms with Crippen molar-refractivity contribution >= 4 is 23.4 Å². The van der Waals surface area contributed by atoms with Crippen LogP contribution in [0, 0.1) is 0 Å². The number of benzene rings is 1. The largest absolute Gasteiger partial charge is 0.497 e. The van der Waals surface area contributed by atoms with Gasteiger partial charge in [-0.25, -0.2) is 0 Å². The molecule has 27 heavy (non-hydrogen) atoms. The van der Waals surface area contributed by atoms with Crippen LogP contribution in [0.4, 0.5) is 5.69 Å². The molecule has 3 heterocycles. The van der Waals surface area contributed by atoms with Gasteiger partial charge in [0.25, 0.3) is 0 Å². The molecular formula is C19H24N4O4. The molecule has 8 heteroatoms. The minimum atomic E-state index is -0.569. The van der Waals surface area contributed by atoms with Gasteiger partial charge < -0.3 is 25.6 Å². The first-order valence-electron chi connectivity index (χ1n) is 9.32. The molecule has 0 aliphatic carbocycles. The highest BCUT2D eigenvalue weighted by Gasteiger charge is 2.44. The Labute approximate surface area is 157 Å². The van der Waals surface area contributed by atoms with Crippen molar-refractivity contribution in [3.63, 3.8) is 0 Å². The molecule has 1 aromatic rings. The first-order valence-corrected chi connectivity index (χ1v) is 9.32. The number of nitrogens with zero attached hydrogens (tertiary/aromatic N) is 1. The summed E-state index contributed by atoms with van der Waals surface area (Å²) in [4.78, 5) is 39.3. The second-order valence-corrected chi connectivity index (χ2v) is 7.35. The topological polar surface area (TPSA) is 99.8 Å². The number of methoxy groups -OCH3 is 1. The minimum absolute atomic E-state index is 0.0213. The number of ether oxygens (including phenoxy) is 1. The van der Waals surface area contributed by atoms with Crippen molar-refractivity contribution in [3.8, 4) is 5.75 Å². The zero-order valence-electron chi connectivity index (χ0n) is 15.3. The van der Waals surface area contributed by atoms with E-state index in [2.05, 4.69) is 16.0 Å². The molecule has 144 valence electrons. The number of carbonyl (C=O) groups is 3. The Balaban J connectivity index is 1.52. The number of piperazine rings is 1. The number of fused-ring (bicyclic) bond motifs is 1. The Kier molecular flexibility index (Phi) is 4.51. The molecule has 1 atom stereocenters. The summed E-state index contributed by atoms with van der Waals surface area (Å²) in [6, 6.07) is 5.36. The van der Waals surface area contributed by atoms with Crippen molar-refractivity contribution in [3.05, 3.63) is 23.8 Å². The second-order valence-electron chi connectivity index (χ2n) is 7.35. The molecule has 0 radical (unpaired) electrons. The van der Waals surface area contributed by atoms with Gasteiger partial charge in [0.05, 0.1) is 13.0 Å². The zero-order chi connectivity index (χ0) is 19.0. The van der Waals surface area contributed by atoms with Crippen LogP contribution in [0.5, 0.6) is 5.75 Å². The molecule has 3 aliphatic rings. The quantitative estimate of drug-likeness (QED) is 0.689. The minimum Gasteiger partial charge on any atom is -0.497 e. The lowest BCUT2D eigenvalue weighted by Crippen LogP contribution is -2.67. The van der Waals surface area contributed by atoms with Gasteiger partial charge in [-0.2, -0.15) is 0 Å². The van der Waals surface area contributed by atoms with Crippen LogP contribution in [0.1, 0.15) is 30.7 Å². The van der Waals surface area contributed by atoms with Crippen LogP contribution < -0.4 is 20.7 Å². The smallest absolute Gasteiger partial charge is 0.240 e. The molecular weight excluding hydrogens is 348 g/mol. The first kappa shape index (κ1) is 17.8. The Bertz CT molecular complexity index is 786. The fraction of sp³-hybridized carbons (Fsp3) is 0.526. The third-order valence-electron chi connectivity index (χ3n) is 5.83. The van der Waals surface area contributed by atoms with Gasteiger partial charge in [-0.05, 0) is 36.6 Å². The van der Waals surface area contributed by atoms with Crippen molar-refractivity contribution in [2.24, 2.45) is 0 Å². The second kappa shape index (κ2) is 6.84. The number of likely N-dealkylation sites (tertiary alicyclic amines) is 1. The van der Waals surface area contributed by atoms with Gasteiger partial charge in [0.15, 0.2) is 0 Å². The lowest BCUT2D eigenvalue weighted by molar-refractivity contribution is -0.140. The molecule has 8 nitrogen and oxygen atoms in total. The van der Waals surface area contributed by atoms with E-state index in [-0.39, 0.29) is 24.1 Å². The number of hydrogen-bond donors (Lipinski definition) is 3. The Morgan fingerprint density at radius 2 is 2.00 bits per heavy atom. The molecule has 3 amide bonds. The summed E-state index contributed by atoms with van der Waals surface area (Å²) in [6.07, 6.45) is 1.28. The van der Waals surface area contributed by atoms with Gasteiger partial charge in [-0.15, -0.1) is 0 Å². The molecule has 2 saturated heterocycles. The number of rotatable bonds is 2. The van der Waals surface area contributed by atoms with E-state index < -0.39 is 11.5 Å². The van der Waals surface area contributed by atoms with E-state index in [0.717, 1.165) is 12.1 Å². The lowest BCUT2D eigenvalue weighted by atomic mass is 9.83. The van der Waals surface area contributed by atoms with E-state index in [9.17, 15) is 14.4 Å². The van der Waals surface area contributed by atoms with Gasteiger partial charge >= 0.3 is 0 Å². The zero-order valence-corrected chi connectivity index (χ0v) is 15.3. The Morgan fingerprint density at radius 1 is 1.22 bits per heavy atom. The molecule has 0 unspecified atom stereocenters. The third-order valence-corrected chi connectivity index (χ3v) is 5.83. The number of carbonyl (C=O) groups excluding carboxylic acids is 3. The van der Waals surface area contributed by atoms with Crippen LogP contribution in [0.2, 0.25) is 0 Å². The van der Waals surface area contributed by atoms with Gasteiger partial charge in [-0.3, -0.25) is 14.4 Å². The molecule has 0 bridgehead atoms. The molecule has 3 aliphatic heterocycles. The van der Waals surface area contributed by atoms with Crippen LogP contribution in [0.25, 0.3) is 0 Å². The van der Waals surface area contributed by atoms with Crippen LogP contribution in [-0.2, 0) is 14.4 Å². The van der Waals surface area contributed by atoms with Gasteiger partial charge in [-0.1, -0.05) is 0 Å². The normalized spacial score (nSPS) is 24.0. The van der Waals surface area contributed by atoms with E-state index in [1.165, 1.54) is 0 Å². The summed E-state index contributed by atoms with van der Waals surface area (Å²) in [5.74, 6) is -0.0689. The Hall–Kier alpha value is -2.61. The van der Waals surface area contributed by atoms with E-state index in [1.54, 1.807) is 24.1 Å². The van der Waals surface area contributed by atoms with Gasteiger partial charge in [0.2, 0.25) is 17.7 Å². The summed E-state index contributed by atoms with van der Waals surface area (Å²) in [7, 11) is 1.58. The maximum atomic E-state index is 13.2. The summed E-state index contributed by atoms with van der Waals surface area (Å²) in [6.45, 7) is 2.38. The van der Waals surface area contributed by atoms with Crippen molar-refractivity contribution in [1.82, 2.24) is 15.5 Å². The van der Waals surface area contributed by atoms with Crippen LogP contribution in [0.3, 0.4) is 0 Å². The SMILES string of the molecule is COc1ccc2c(c1)[C@@H](C(=O)N1CCC3(CC1)NCCNC3=O)CC(=O)N2. The predicted octanol–water partition coefficient (Wildman–Crippen LogP) is 0.202. The van der Waals surface area contributed by atoms with E-state index in [4.69, 9.17) is 4.74 Å².